The van der Waals surface area contributed by atoms with E-state index in [9.17, 15) is 9.59 Å². The second-order valence-electron chi connectivity index (χ2n) is 4.50. The molecule has 0 bridgehead atoms. The monoisotopic (exact) mass is 367 g/mol. The van der Waals surface area contributed by atoms with Crippen molar-refractivity contribution in [2.24, 2.45) is 5.73 Å². The number of thioether (sulfide) groups is 1. The zero-order valence-electron chi connectivity index (χ0n) is 12.1. The highest BCUT2D eigenvalue weighted by Crippen LogP contribution is 2.28. The number of nitrogens with two attached hydrogens (primary N) is 1. The number of primary amides is 1. The number of hydrogen-bond donors (Lipinski definition) is 3. The number of urea groups is 1. The van der Waals surface area contributed by atoms with Crippen LogP contribution in [-0.4, -0.2) is 18.2 Å². The summed E-state index contributed by atoms with van der Waals surface area (Å²) in [5.41, 5.74) is 6.59. The number of halogens is 1. The molecule has 2 rings (SSSR count). The van der Waals surface area contributed by atoms with Gasteiger partial charge in [0.15, 0.2) is 0 Å². The Morgan fingerprint density at radius 2 is 1.87 bits per heavy atom. The van der Waals surface area contributed by atoms with Crippen molar-refractivity contribution >= 4 is 59.5 Å². The molecule has 0 spiro atoms. The lowest BCUT2D eigenvalue weighted by atomic mass is 10.2. The first-order chi connectivity index (χ1) is 10.9. The fraction of sp³-hybridized carbons (Fsp3) is 0.0667. The molecule has 3 amide bonds. The van der Waals surface area contributed by atoms with E-state index in [2.05, 4.69) is 18.1 Å². The molecular weight excluding hydrogens is 354 g/mol. The number of carbonyl (C=O) groups excluding carboxylic acids is 2. The van der Waals surface area contributed by atoms with Gasteiger partial charge in [0.05, 0.1) is 10.7 Å². The van der Waals surface area contributed by atoms with Crippen LogP contribution >= 0.6 is 36.2 Å². The summed E-state index contributed by atoms with van der Waals surface area (Å²) in [7, 11) is 0. The fourth-order valence-electron chi connectivity index (χ4n) is 1.80. The second-order valence-corrected chi connectivity index (χ2v) is 6.16. The van der Waals surface area contributed by atoms with Crippen LogP contribution in [0, 0.1) is 0 Å². The van der Waals surface area contributed by atoms with Crippen molar-refractivity contribution in [1.29, 1.82) is 0 Å². The number of hydrogen-bond acceptors (Lipinski definition) is 4. The first-order valence-electron chi connectivity index (χ1n) is 6.45. The van der Waals surface area contributed by atoms with E-state index in [4.69, 9.17) is 17.3 Å². The summed E-state index contributed by atoms with van der Waals surface area (Å²) in [6.45, 7) is 0. The molecule has 0 atom stereocenters. The Hall–Kier alpha value is -1.83. The topological polar surface area (TPSA) is 75.4 Å². The predicted octanol–water partition coefficient (Wildman–Crippen LogP) is 4.04. The van der Waals surface area contributed by atoms with Crippen LogP contribution in [0.15, 0.2) is 47.4 Å². The Morgan fingerprint density at radius 3 is 2.39 bits per heavy atom. The Labute approximate surface area is 148 Å². The lowest BCUT2D eigenvalue weighted by Gasteiger charge is -2.17. The van der Waals surface area contributed by atoms with Gasteiger partial charge in [-0.1, -0.05) is 24.4 Å². The van der Waals surface area contributed by atoms with Gasteiger partial charge in [0.1, 0.15) is 0 Å². The van der Waals surface area contributed by atoms with Crippen molar-refractivity contribution in [2.45, 2.75) is 4.90 Å². The molecule has 0 unspecified atom stereocenters. The van der Waals surface area contributed by atoms with Crippen molar-refractivity contribution in [3.05, 3.63) is 53.1 Å². The first-order valence-corrected chi connectivity index (χ1v) is 8.46. The molecule has 0 fully saturated rings. The average Bonchev–Trinajstić information content (AvgIpc) is 2.54. The number of thiol groups is 1. The van der Waals surface area contributed by atoms with Crippen molar-refractivity contribution < 1.29 is 9.59 Å². The predicted molar refractivity (Wildman–Crippen MR) is 98.7 cm³/mol. The molecular formula is C15H14ClN3O2S2. The first kappa shape index (κ1) is 17.5. The van der Waals surface area contributed by atoms with Crippen LogP contribution in [0.25, 0.3) is 0 Å². The molecule has 0 aliphatic carbocycles. The summed E-state index contributed by atoms with van der Waals surface area (Å²) in [6, 6.07) is 11.0. The van der Waals surface area contributed by atoms with Crippen molar-refractivity contribution in [1.82, 2.24) is 0 Å². The fourth-order valence-corrected chi connectivity index (χ4v) is 2.86. The summed E-state index contributed by atoms with van der Waals surface area (Å²) in [4.78, 5) is 24.2. The normalized spacial score (nSPS) is 10.2. The highest BCUT2D eigenvalue weighted by Gasteiger charge is 2.13. The van der Waals surface area contributed by atoms with Crippen molar-refractivity contribution in [3.8, 4) is 0 Å². The van der Waals surface area contributed by atoms with Gasteiger partial charge in [-0.15, -0.1) is 11.8 Å². The summed E-state index contributed by atoms with van der Waals surface area (Å²) in [6.07, 6.45) is 1.92. The largest absolute Gasteiger partial charge is 0.366 e. The third-order valence-corrected chi connectivity index (χ3v) is 4.63. The van der Waals surface area contributed by atoms with Crippen LogP contribution in [0.5, 0.6) is 0 Å². The number of carbonyl (C=O) groups is 2. The maximum absolute atomic E-state index is 12.2. The molecule has 0 heterocycles. The van der Waals surface area contributed by atoms with Gasteiger partial charge < -0.3 is 11.1 Å². The number of nitrogens with one attached hydrogen (secondary N) is 1. The van der Waals surface area contributed by atoms with Crippen molar-refractivity contribution in [2.75, 3.05) is 15.9 Å². The molecule has 5 nitrogen and oxygen atoms in total. The molecule has 3 N–H and O–H groups in total. The molecule has 2 aromatic carbocycles. The molecule has 0 radical (unpaired) electrons. The molecule has 23 heavy (non-hydrogen) atoms. The van der Waals surface area contributed by atoms with Crippen LogP contribution in [0.3, 0.4) is 0 Å². The lowest BCUT2D eigenvalue weighted by molar-refractivity contribution is 0.100. The van der Waals surface area contributed by atoms with Crippen LogP contribution in [0.2, 0.25) is 5.02 Å². The van der Waals surface area contributed by atoms with E-state index in [0.717, 1.165) is 9.20 Å². The molecule has 0 saturated carbocycles. The van der Waals surface area contributed by atoms with Gasteiger partial charge in [0, 0.05) is 16.1 Å². The quantitative estimate of drug-likeness (QED) is 0.563. The lowest BCUT2D eigenvalue weighted by Crippen LogP contribution is -2.26. The van der Waals surface area contributed by atoms with E-state index in [1.807, 2.05) is 12.3 Å². The van der Waals surface area contributed by atoms with Gasteiger partial charge in [-0.3, -0.25) is 4.79 Å². The van der Waals surface area contributed by atoms with Crippen LogP contribution in [-0.2, 0) is 0 Å². The average molecular weight is 368 g/mol. The Balaban J connectivity index is 2.10. The van der Waals surface area contributed by atoms with E-state index < -0.39 is 11.9 Å². The van der Waals surface area contributed by atoms with Gasteiger partial charge >= 0.3 is 6.03 Å². The Bertz CT molecular complexity index is 738. The third-order valence-electron chi connectivity index (χ3n) is 2.99. The summed E-state index contributed by atoms with van der Waals surface area (Å²) in [5.74, 6) is -0.532. The molecule has 2 aromatic rings. The molecule has 0 aromatic heterocycles. The van der Waals surface area contributed by atoms with Gasteiger partial charge in [-0.25, -0.2) is 9.10 Å². The van der Waals surface area contributed by atoms with E-state index in [0.29, 0.717) is 22.0 Å². The number of anilines is 2. The second kappa shape index (κ2) is 7.63. The van der Waals surface area contributed by atoms with E-state index in [1.165, 1.54) is 23.9 Å². The Morgan fingerprint density at radius 1 is 1.22 bits per heavy atom. The maximum atomic E-state index is 12.2. The Kier molecular flexibility index (Phi) is 5.81. The molecule has 0 aliphatic rings. The van der Waals surface area contributed by atoms with Gasteiger partial charge in [-0.05, 0) is 48.7 Å². The van der Waals surface area contributed by atoms with Crippen LogP contribution < -0.4 is 15.4 Å². The van der Waals surface area contributed by atoms with Crippen LogP contribution in [0.4, 0.5) is 16.2 Å². The molecule has 0 saturated heterocycles. The zero-order valence-corrected chi connectivity index (χ0v) is 14.6. The van der Waals surface area contributed by atoms with Crippen LogP contribution in [0.1, 0.15) is 10.4 Å². The SMILES string of the molecule is CSc1ccc(NC(=O)N(S)c2ccc(C(N)=O)cc2)cc1Cl. The molecule has 0 aliphatic heterocycles. The highest BCUT2D eigenvalue weighted by atomic mass is 35.5. The minimum absolute atomic E-state index is 0.357. The summed E-state index contributed by atoms with van der Waals surface area (Å²) < 4.78 is 1.13. The smallest absolute Gasteiger partial charge is 0.336 e. The number of nitrogens with zero attached hydrogens (tertiary/aromatic N) is 1. The van der Waals surface area contributed by atoms with Gasteiger partial charge in [0.25, 0.3) is 0 Å². The van der Waals surface area contributed by atoms with Gasteiger partial charge in [0.2, 0.25) is 5.91 Å². The number of amides is 3. The zero-order chi connectivity index (χ0) is 17.0. The van der Waals surface area contributed by atoms with E-state index >= 15 is 0 Å². The van der Waals surface area contributed by atoms with Crippen molar-refractivity contribution in [3.63, 3.8) is 0 Å². The minimum Gasteiger partial charge on any atom is -0.366 e. The third kappa shape index (κ3) is 4.34. The number of rotatable bonds is 4. The molecule has 120 valence electrons. The number of benzene rings is 2. The summed E-state index contributed by atoms with van der Waals surface area (Å²) >= 11 is 11.8. The van der Waals surface area contributed by atoms with Gasteiger partial charge in [-0.2, -0.15) is 0 Å². The summed E-state index contributed by atoms with van der Waals surface area (Å²) in [5, 5.41) is 3.26. The minimum atomic E-state index is -0.532. The van der Waals surface area contributed by atoms with E-state index in [-0.39, 0.29) is 0 Å². The van der Waals surface area contributed by atoms with E-state index in [1.54, 1.807) is 24.3 Å². The highest BCUT2D eigenvalue weighted by molar-refractivity contribution is 7.98. The standard InChI is InChI=1S/C15H14ClN3O2S2/c1-23-13-7-4-10(8-12(13)16)18-15(21)19(22)11-5-2-9(3-6-11)14(17)20/h2-8,22H,1H3,(H2,17,20)(H,18,21). The maximum Gasteiger partial charge on any atom is 0.336 e. The molecule has 8 heteroatoms.